The van der Waals surface area contributed by atoms with Gasteiger partial charge in [-0.05, 0) is 72.6 Å². The predicted octanol–water partition coefficient (Wildman–Crippen LogP) is 4.10. The number of benzene rings is 1. The summed E-state index contributed by atoms with van der Waals surface area (Å²) < 4.78 is 16.5. The number of amides is 3. The van der Waals surface area contributed by atoms with Crippen molar-refractivity contribution >= 4 is 39.9 Å². The highest BCUT2D eigenvalue weighted by Gasteiger charge is 2.34. The van der Waals surface area contributed by atoms with E-state index in [0.717, 1.165) is 9.37 Å². The Bertz CT molecular complexity index is 1030. The van der Waals surface area contributed by atoms with Crippen molar-refractivity contribution in [3.63, 3.8) is 0 Å². The van der Waals surface area contributed by atoms with E-state index < -0.39 is 17.9 Å². The van der Waals surface area contributed by atoms with Gasteiger partial charge >= 0.3 is 12.0 Å². The Labute approximate surface area is 181 Å². The van der Waals surface area contributed by atoms with E-state index in [1.165, 1.54) is 19.2 Å². The lowest BCUT2D eigenvalue weighted by atomic mass is 10.1. The average Bonchev–Trinajstić information content (AvgIpc) is 3.23. The Morgan fingerprint density at radius 2 is 1.97 bits per heavy atom. The quantitative estimate of drug-likeness (QED) is 0.396. The molecule has 8 nitrogen and oxygen atoms in total. The molecule has 30 heavy (non-hydrogen) atoms. The third kappa shape index (κ3) is 4.91. The molecule has 0 radical (unpaired) electrons. The standard InChI is InChI=1S/C21H21BrN2O6/c1-21(2,3)30-16-7-5-12(9-14(16)22)10-15-18(25)24(20(27)23-15)11-13-6-8-17(29-13)19(26)28-4/h5-10H,11H2,1-4H3,(H,23,27). The zero-order valence-electron chi connectivity index (χ0n) is 16.9. The van der Waals surface area contributed by atoms with Crippen molar-refractivity contribution in [2.45, 2.75) is 32.9 Å². The molecule has 9 heteroatoms. The second-order valence-corrected chi connectivity index (χ2v) is 8.40. The van der Waals surface area contributed by atoms with Crippen molar-refractivity contribution in [3.8, 4) is 5.75 Å². The number of imide groups is 1. The third-order valence-electron chi connectivity index (χ3n) is 4.01. The van der Waals surface area contributed by atoms with Crippen LogP contribution in [-0.4, -0.2) is 35.5 Å². The molecule has 0 aliphatic carbocycles. The molecule has 1 aliphatic rings. The number of halogens is 1. The Kier molecular flexibility index (Phi) is 6.02. The van der Waals surface area contributed by atoms with Gasteiger partial charge in [0.15, 0.2) is 0 Å². The van der Waals surface area contributed by atoms with Crippen LogP contribution in [0.1, 0.15) is 42.6 Å². The van der Waals surface area contributed by atoms with Crippen LogP contribution in [0.3, 0.4) is 0 Å². The smallest absolute Gasteiger partial charge is 0.373 e. The molecule has 3 rings (SSSR count). The Morgan fingerprint density at radius 1 is 1.23 bits per heavy atom. The molecule has 2 aromatic rings. The molecule has 1 saturated heterocycles. The average molecular weight is 477 g/mol. The van der Waals surface area contributed by atoms with Crippen molar-refractivity contribution in [1.82, 2.24) is 10.2 Å². The highest BCUT2D eigenvalue weighted by atomic mass is 79.9. The van der Waals surface area contributed by atoms with Crippen LogP contribution in [0.4, 0.5) is 4.79 Å². The molecule has 1 aromatic carbocycles. The van der Waals surface area contributed by atoms with Gasteiger partial charge in [-0.1, -0.05) is 6.07 Å². The van der Waals surface area contributed by atoms with Gasteiger partial charge in [0.05, 0.1) is 18.1 Å². The van der Waals surface area contributed by atoms with Gasteiger partial charge in [0.1, 0.15) is 22.8 Å². The summed E-state index contributed by atoms with van der Waals surface area (Å²) in [6, 6.07) is 7.74. The second-order valence-electron chi connectivity index (χ2n) is 7.54. The fourth-order valence-corrected chi connectivity index (χ4v) is 3.21. The first kappa shape index (κ1) is 21.6. The van der Waals surface area contributed by atoms with Crippen molar-refractivity contribution in [1.29, 1.82) is 0 Å². The van der Waals surface area contributed by atoms with Crippen molar-refractivity contribution < 1.29 is 28.3 Å². The summed E-state index contributed by atoms with van der Waals surface area (Å²) in [5, 5.41) is 2.55. The predicted molar refractivity (Wildman–Crippen MR) is 112 cm³/mol. The lowest BCUT2D eigenvalue weighted by Crippen LogP contribution is -2.30. The van der Waals surface area contributed by atoms with Gasteiger partial charge in [0.2, 0.25) is 5.76 Å². The zero-order chi connectivity index (χ0) is 22.1. The number of urea groups is 1. The Balaban J connectivity index is 1.75. The summed E-state index contributed by atoms with van der Waals surface area (Å²) >= 11 is 3.47. The number of ether oxygens (including phenoxy) is 2. The maximum atomic E-state index is 12.7. The van der Waals surface area contributed by atoms with E-state index in [4.69, 9.17) is 9.15 Å². The van der Waals surface area contributed by atoms with Crippen LogP contribution >= 0.6 is 15.9 Å². The number of nitrogens with zero attached hydrogens (tertiary/aromatic N) is 1. The van der Waals surface area contributed by atoms with Gasteiger partial charge in [-0.25, -0.2) is 9.59 Å². The molecular weight excluding hydrogens is 456 g/mol. The fraction of sp³-hybridized carbons (Fsp3) is 0.286. The summed E-state index contributed by atoms with van der Waals surface area (Å²) in [6.07, 6.45) is 1.58. The fourth-order valence-electron chi connectivity index (χ4n) is 2.73. The van der Waals surface area contributed by atoms with Gasteiger partial charge in [-0.3, -0.25) is 9.69 Å². The molecule has 2 heterocycles. The van der Waals surface area contributed by atoms with Crippen molar-refractivity contribution in [2.24, 2.45) is 0 Å². The zero-order valence-corrected chi connectivity index (χ0v) is 18.5. The monoisotopic (exact) mass is 476 g/mol. The number of hydrogen-bond acceptors (Lipinski definition) is 6. The number of rotatable bonds is 5. The first-order valence-corrected chi connectivity index (χ1v) is 9.87. The first-order chi connectivity index (χ1) is 14.1. The van der Waals surface area contributed by atoms with Crippen LogP contribution in [0.15, 0.2) is 44.9 Å². The van der Waals surface area contributed by atoms with Gasteiger partial charge in [0.25, 0.3) is 5.91 Å². The molecule has 158 valence electrons. The van der Waals surface area contributed by atoms with E-state index in [9.17, 15) is 14.4 Å². The lowest BCUT2D eigenvalue weighted by molar-refractivity contribution is -0.123. The minimum absolute atomic E-state index is 0.00210. The van der Waals surface area contributed by atoms with Gasteiger partial charge in [-0.2, -0.15) is 0 Å². The number of methoxy groups -OCH3 is 1. The van der Waals surface area contributed by atoms with E-state index >= 15 is 0 Å². The van der Waals surface area contributed by atoms with E-state index in [1.807, 2.05) is 20.8 Å². The minimum Gasteiger partial charge on any atom is -0.487 e. The van der Waals surface area contributed by atoms with Gasteiger partial charge < -0.3 is 19.2 Å². The Morgan fingerprint density at radius 3 is 2.60 bits per heavy atom. The normalized spacial score (nSPS) is 15.5. The minimum atomic E-state index is -0.636. The summed E-state index contributed by atoms with van der Waals surface area (Å²) in [7, 11) is 1.24. The number of esters is 1. The van der Waals surface area contributed by atoms with Crippen LogP contribution in [0.25, 0.3) is 6.08 Å². The summed E-state index contributed by atoms with van der Waals surface area (Å²) in [4.78, 5) is 37.4. The number of nitrogens with one attached hydrogen (secondary N) is 1. The van der Waals surface area contributed by atoms with E-state index in [-0.39, 0.29) is 29.4 Å². The second kappa shape index (κ2) is 8.35. The number of hydrogen-bond donors (Lipinski definition) is 1. The van der Waals surface area contributed by atoms with E-state index in [1.54, 1.807) is 24.3 Å². The van der Waals surface area contributed by atoms with Crippen LogP contribution in [0.2, 0.25) is 0 Å². The van der Waals surface area contributed by atoms with Crippen molar-refractivity contribution in [3.05, 3.63) is 57.6 Å². The van der Waals surface area contributed by atoms with Crippen LogP contribution in [-0.2, 0) is 16.1 Å². The molecule has 1 N–H and O–H groups in total. The number of furan rings is 1. The highest BCUT2D eigenvalue weighted by Crippen LogP contribution is 2.30. The van der Waals surface area contributed by atoms with Crippen LogP contribution in [0, 0.1) is 0 Å². The molecule has 1 aromatic heterocycles. The van der Waals surface area contributed by atoms with Crippen LogP contribution in [0.5, 0.6) is 5.75 Å². The molecule has 0 atom stereocenters. The largest absolute Gasteiger partial charge is 0.487 e. The number of carbonyl (C=O) groups is 3. The molecule has 0 unspecified atom stereocenters. The van der Waals surface area contributed by atoms with Crippen LogP contribution < -0.4 is 10.1 Å². The van der Waals surface area contributed by atoms with Crippen molar-refractivity contribution in [2.75, 3.05) is 7.11 Å². The lowest BCUT2D eigenvalue weighted by Gasteiger charge is -2.22. The van der Waals surface area contributed by atoms with E-state index in [2.05, 4.69) is 26.0 Å². The summed E-state index contributed by atoms with van der Waals surface area (Å²) in [5.41, 5.74) is 0.494. The topological polar surface area (TPSA) is 98.1 Å². The molecule has 1 aliphatic heterocycles. The van der Waals surface area contributed by atoms with Gasteiger partial charge in [0, 0.05) is 0 Å². The molecule has 3 amide bonds. The molecule has 0 spiro atoms. The molecule has 0 bridgehead atoms. The summed E-state index contributed by atoms with van der Waals surface area (Å²) in [5.74, 6) is -0.178. The third-order valence-corrected chi connectivity index (χ3v) is 4.63. The molecule has 1 fully saturated rings. The summed E-state index contributed by atoms with van der Waals surface area (Å²) in [6.45, 7) is 5.73. The van der Waals surface area contributed by atoms with Gasteiger partial charge in [-0.15, -0.1) is 0 Å². The Hall–Kier alpha value is -3.07. The maximum absolute atomic E-state index is 12.7. The maximum Gasteiger partial charge on any atom is 0.373 e. The molecular formula is C21H21BrN2O6. The van der Waals surface area contributed by atoms with E-state index in [0.29, 0.717) is 11.3 Å². The number of carbonyl (C=O) groups excluding carboxylic acids is 3. The SMILES string of the molecule is COC(=O)c1ccc(CN2C(=O)NC(=Cc3ccc(OC(C)(C)C)c(Br)c3)C2=O)o1. The first-order valence-electron chi connectivity index (χ1n) is 9.07. The highest BCUT2D eigenvalue weighted by molar-refractivity contribution is 9.10. The molecule has 0 saturated carbocycles.